The Bertz CT molecular complexity index is 374. The van der Waals surface area contributed by atoms with Gasteiger partial charge in [-0.25, -0.2) is 0 Å². The summed E-state index contributed by atoms with van der Waals surface area (Å²) >= 11 is 0. The van der Waals surface area contributed by atoms with Crippen LogP contribution >= 0.6 is 0 Å². The molecule has 0 aliphatic carbocycles. The Hall–Kier alpha value is -1.83. The van der Waals surface area contributed by atoms with Crippen molar-refractivity contribution in [3.8, 4) is 0 Å². The van der Waals surface area contributed by atoms with E-state index in [1.165, 1.54) is 0 Å². The quantitative estimate of drug-likeness (QED) is 0.671. The Balaban J connectivity index is 2.15. The van der Waals surface area contributed by atoms with Crippen molar-refractivity contribution in [3.05, 3.63) is 54.4 Å². The number of aromatic amines is 1. The molecule has 0 fully saturated rings. The summed E-state index contributed by atoms with van der Waals surface area (Å²) in [6.45, 7) is 0. The van der Waals surface area contributed by atoms with Crippen molar-refractivity contribution in [1.82, 2.24) is 4.98 Å². The first-order valence-electron chi connectivity index (χ1n) is 4.18. The van der Waals surface area contributed by atoms with Gasteiger partial charge in [0, 0.05) is 6.20 Å². The van der Waals surface area contributed by atoms with Gasteiger partial charge in [-0.05, 0) is 24.3 Å². The van der Waals surface area contributed by atoms with E-state index in [-0.39, 0.29) is 0 Å². The summed E-state index contributed by atoms with van der Waals surface area (Å²) in [5, 5.41) is 0. The lowest BCUT2D eigenvalue weighted by atomic mass is 10.3. The maximum Gasteiger partial charge on any atom is 0.0630 e. The Morgan fingerprint density at radius 1 is 1.00 bits per heavy atom. The summed E-state index contributed by atoms with van der Waals surface area (Å²) in [7, 11) is 0. The molecule has 2 nitrogen and oxygen atoms in total. The molecular weight excluding hydrogens is 160 g/mol. The average molecular weight is 170 g/mol. The zero-order chi connectivity index (χ0) is 8.93. The van der Waals surface area contributed by atoms with Gasteiger partial charge in [0.2, 0.25) is 0 Å². The van der Waals surface area contributed by atoms with Crippen LogP contribution in [0.3, 0.4) is 0 Å². The van der Waals surface area contributed by atoms with Crippen LogP contribution in [-0.4, -0.2) is 11.2 Å². The molecule has 0 unspecified atom stereocenters. The van der Waals surface area contributed by atoms with Gasteiger partial charge >= 0.3 is 0 Å². The summed E-state index contributed by atoms with van der Waals surface area (Å²) in [5.41, 5.74) is 1.99. The van der Waals surface area contributed by atoms with Crippen molar-refractivity contribution in [2.75, 3.05) is 0 Å². The van der Waals surface area contributed by atoms with Crippen molar-refractivity contribution in [3.63, 3.8) is 0 Å². The maximum absolute atomic E-state index is 4.29. The molecule has 2 aromatic rings. The van der Waals surface area contributed by atoms with Crippen molar-refractivity contribution in [1.29, 1.82) is 0 Å². The third-order valence-electron chi connectivity index (χ3n) is 1.73. The second kappa shape index (κ2) is 3.72. The highest BCUT2D eigenvalue weighted by molar-refractivity contribution is 5.79. The van der Waals surface area contributed by atoms with Crippen LogP contribution in [0.1, 0.15) is 5.69 Å². The fraction of sp³-hybridized carbons (Fsp3) is 0. The summed E-state index contributed by atoms with van der Waals surface area (Å²) < 4.78 is 0. The first-order chi connectivity index (χ1) is 6.45. The van der Waals surface area contributed by atoms with Crippen LogP contribution < -0.4 is 0 Å². The Labute approximate surface area is 77.0 Å². The molecule has 1 aromatic heterocycles. The molecule has 0 aliphatic heterocycles. The number of H-pyrrole nitrogens is 1. The number of para-hydroxylation sites is 1. The molecule has 2 rings (SSSR count). The number of hydrogen-bond acceptors (Lipinski definition) is 1. The van der Waals surface area contributed by atoms with Gasteiger partial charge in [-0.2, -0.15) is 0 Å². The van der Waals surface area contributed by atoms with Crippen molar-refractivity contribution >= 4 is 11.9 Å². The zero-order valence-corrected chi connectivity index (χ0v) is 7.14. The van der Waals surface area contributed by atoms with E-state index in [9.17, 15) is 0 Å². The van der Waals surface area contributed by atoms with E-state index >= 15 is 0 Å². The minimum Gasteiger partial charge on any atom is -0.360 e. The van der Waals surface area contributed by atoms with Gasteiger partial charge < -0.3 is 4.98 Å². The predicted molar refractivity (Wildman–Crippen MR) is 54.5 cm³/mol. The van der Waals surface area contributed by atoms with Crippen LogP contribution in [0.4, 0.5) is 5.69 Å². The smallest absolute Gasteiger partial charge is 0.0630 e. The number of rotatable bonds is 2. The molecule has 0 saturated carbocycles. The fourth-order valence-corrected chi connectivity index (χ4v) is 1.08. The summed E-state index contributed by atoms with van der Waals surface area (Å²) in [4.78, 5) is 7.35. The van der Waals surface area contributed by atoms with E-state index in [1.54, 1.807) is 0 Å². The molecule has 0 bridgehead atoms. The predicted octanol–water partition coefficient (Wildman–Crippen LogP) is 2.77. The summed E-state index contributed by atoms with van der Waals surface area (Å²) in [6.07, 6.45) is 3.70. The lowest BCUT2D eigenvalue weighted by molar-refractivity contribution is 1.38. The molecular formula is C11H10N2. The van der Waals surface area contributed by atoms with E-state index in [0.29, 0.717) is 0 Å². The van der Waals surface area contributed by atoms with Crippen LogP contribution in [0.15, 0.2) is 53.7 Å². The minimum atomic E-state index is 0.970. The van der Waals surface area contributed by atoms with Crippen LogP contribution in [0, 0.1) is 0 Å². The molecule has 64 valence electrons. The molecule has 0 atom stereocenters. The molecule has 0 aliphatic rings. The molecule has 0 amide bonds. The number of benzene rings is 1. The van der Waals surface area contributed by atoms with Crippen LogP contribution in [0.25, 0.3) is 0 Å². The van der Waals surface area contributed by atoms with Gasteiger partial charge in [0.05, 0.1) is 17.6 Å². The number of nitrogens with one attached hydrogen (secondary N) is 1. The van der Waals surface area contributed by atoms with Crippen LogP contribution in [-0.2, 0) is 0 Å². The molecule has 1 aromatic carbocycles. The topological polar surface area (TPSA) is 28.1 Å². The van der Waals surface area contributed by atoms with E-state index in [2.05, 4.69) is 9.98 Å². The van der Waals surface area contributed by atoms with E-state index in [4.69, 9.17) is 0 Å². The molecule has 1 N–H and O–H groups in total. The minimum absolute atomic E-state index is 0.970. The van der Waals surface area contributed by atoms with Gasteiger partial charge in [0.1, 0.15) is 0 Å². The fourth-order valence-electron chi connectivity index (χ4n) is 1.08. The summed E-state index contributed by atoms with van der Waals surface area (Å²) in [6, 6.07) is 13.8. The number of nitrogens with zero attached hydrogens (tertiary/aromatic N) is 1. The molecule has 1 heterocycles. The lowest BCUT2D eigenvalue weighted by Crippen LogP contribution is -1.77. The van der Waals surface area contributed by atoms with E-state index < -0.39 is 0 Å². The Morgan fingerprint density at radius 3 is 2.54 bits per heavy atom. The van der Waals surface area contributed by atoms with Crippen molar-refractivity contribution in [2.45, 2.75) is 0 Å². The lowest BCUT2D eigenvalue weighted by Gasteiger charge is -1.89. The number of aliphatic imine (C=N–C) groups is 1. The number of aromatic nitrogens is 1. The normalized spacial score (nSPS) is 10.8. The monoisotopic (exact) mass is 170 g/mol. The van der Waals surface area contributed by atoms with Gasteiger partial charge in [-0.15, -0.1) is 0 Å². The second-order valence-corrected chi connectivity index (χ2v) is 2.72. The zero-order valence-electron chi connectivity index (χ0n) is 7.14. The third-order valence-corrected chi connectivity index (χ3v) is 1.73. The first-order valence-corrected chi connectivity index (χ1v) is 4.18. The molecule has 0 spiro atoms. The molecule has 13 heavy (non-hydrogen) atoms. The SMILES string of the molecule is C(=N\c1ccccc1)/c1ccc[nH]1. The first kappa shape index (κ1) is 7.80. The van der Waals surface area contributed by atoms with Crippen molar-refractivity contribution < 1.29 is 0 Å². The molecule has 0 saturated heterocycles. The molecule has 0 radical (unpaired) electrons. The highest BCUT2D eigenvalue weighted by Crippen LogP contribution is 2.08. The second-order valence-electron chi connectivity index (χ2n) is 2.72. The van der Waals surface area contributed by atoms with E-state index in [0.717, 1.165) is 11.4 Å². The summed E-state index contributed by atoms with van der Waals surface area (Å²) in [5.74, 6) is 0. The van der Waals surface area contributed by atoms with E-state index in [1.807, 2.05) is 54.9 Å². The van der Waals surface area contributed by atoms with Gasteiger partial charge in [0.25, 0.3) is 0 Å². The Morgan fingerprint density at radius 2 is 1.85 bits per heavy atom. The van der Waals surface area contributed by atoms with Gasteiger partial charge in [-0.1, -0.05) is 18.2 Å². The average Bonchev–Trinajstić information content (AvgIpc) is 2.69. The van der Waals surface area contributed by atoms with Crippen LogP contribution in [0.2, 0.25) is 0 Å². The van der Waals surface area contributed by atoms with Gasteiger partial charge in [0.15, 0.2) is 0 Å². The van der Waals surface area contributed by atoms with Crippen molar-refractivity contribution in [2.24, 2.45) is 4.99 Å². The maximum atomic E-state index is 4.29. The van der Waals surface area contributed by atoms with Gasteiger partial charge in [-0.3, -0.25) is 4.99 Å². The largest absolute Gasteiger partial charge is 0.360 e. The third kappa shape index (κ3) is 2.06. The molecule has 2 heteroatoms. The Kier molecular flexibility index (Phi) is 2.23. The number of hydrogen-bond donors (Lipinski definition) is 1. The standard InChI is InChI=1S/C11H10N2/c1-2-5-10(6-3-1)13-9-11-7-4-8-12-11/h1-9,12H/b13-9+. The van der Waals surface area contributed by atoms with Crippen LogP contribution in [0.5, 0.6) is 0 Å². The highest BCUT2D eigenvalue weighted by Gasteiger charge is 1.86. The highest BCUT2D eigenvalue weighted by atomic mass is 14.8.